The number of carboxylic acid groups (broad SMARTS) is 2. The lowest BCUT2D eigenvalue weighted by Gasteiger charge is -2.34. The lowest BCUT2D eigenvalue weighted by Crippen LogP contribution is -2.44. The molecule has 92 valence electrons. The first kappa shape index (κ1) is 13.0. The normalized spacial score (nSPS) is 25.6. The van der Waals surface area contributed by atoms with Crippen molar-refractivity contribution in [2.75, 3.05) is 13.1 Å². The molecular weight excluding hydrogens is 210 g/mol. The van der Waals surface area contributed by atoms with Crippen LogP contribution in [0.4, 0.5) is 0 Å². The summed E-state index contributed by atoms with van der Waals surface area (Å²) in [6.45, 7) is 1.78. The Labute approximate surface area is 95.1 Å². The van der Waals surface area contributed by atoms with Gasteiger partial charge in [-0.3, -0.25) is 14.5 Å². The average molecular weight is 229 g/mol. The second kappa shape index (κ2) is 5.84. The van der Waals surface area contributed by atoms with Gasteiger partial charge in [0.1, 0.15) is 0 Å². The van der Waals surface area contributed by atoms with Crippen molar-refractivity contribution in [2.24, 2.45) is 5.92 Å². The summed E-state index contributed by atoms with van der Waals surface area (Å²) in [5, 5.41) is 17.5. The van der Waals surface area contributed by atoms with Gasteiger partial charge in [-0.25, -0.2) is 0 Å². The van der Waals surface area contributed by atoms with Crippen LogP contribution in [0.1, 0.15) is 32.6 Å². The molecule has 0 aliphatic heterocycles. The van der Waals surface area contributed by atoms with E-state index in [1.807, 2.05) is 0 Å². The Bertz CT molecular complexity index is 251. The summed E-state index contributed by atoms with van der Waals surface area (Å²) in [4.78, 5) is 22.9. The zero-order chi connectivity index (χ0) is 12.1. The van der Waals surface area contributed by atoms with Crippen LogP contribution in [0.15, 0.2) is 0 Å². The van der Waals surface area contributed by atoms with E-state index in [9.17, 15) is 9.59 Å². The maximum absolute atomic E-state index is 10.7. The second-order valence-corrected chi connectivity index (χ2v) is 4.62. The Morgan fingerprint density at radius 3 is 2.19 bits per heavy atom. The Hall–Kier alpha value is -1.10. The molecule has 0 aromatic carbocycles. The predicted octanol–water partition coefficient (Wildman–Crippen LogP) is 1.04. The largest absolute Gasteiger partial charge is 0.480 e. The molecule has 0 amide bonds. The highest BCUT2D eigenvalue weighted by atomic mass is 16.4. The smallest absolute Gasteiger partial charge is 0.317 e. The van der Waals surface area contributed by atoms with Gasteiger partial charge in [-0.2, -0.15) is 0 Å². The van der Waals surface area contributed by atoms with Crippen LogP contribution in [0.3, 0.4) is 0 Å². The van der Waals surface area contributed by atoms with E-state index >= 15 is 0 Å². The van der Waals surface area contributed by atoms with Crippen molar-refractivity contribution in [3.8, 4) is 0 Å². The topological polar surface area (TPSA) is 77.8 Å². The lowest BCUT2D eigenvalue weighted by molar-refractivity contribution is -0.143. The van der Waals surface area contributed by atoms with E-state index in [-0.39, 0.29) is 19.1 Å². The fourth-order valence-corrected chi connectivity index (χ4v) is 2.40. The Morgan fingerprint density at radius 2 is 1.75 bits per heavy atom. The average Bonchev–Trinajstić information content (AvgIpc) is 2.15. The van der Waals surface area contributed by atoms with Crippen molar-refractivity contribution in [2.45, 2.75) is 38.6 Å². The number of aliphatic carboxylic acids is 2. The molecule has 0 bridgehead atoms. The third-order valence-electron chi connectivity index (χ3n) is 3.10. The van der Waals surface area contributed by atoms with Gasteiger partial charge in [0.25, 0.3) is 0 Å². The fraction of sp³-hybridized carbons (Fsp3) is 0.818. The third kappa shape index (κ3) is 4.18. The SMILES string of the molecule is CC1CCCC(N(CC(=O)O)CC(=O)O)C1. The van der Waals surface area contributed by atoms with E-state index in [2.05, 4.69) is 6.92 Å². The first-order chi connectivity index (χ1) is 7.49. The van der Waals surface area contributed by atoms with Crippen LogP contribution >= 0.6 is 0 Å². The monoisotopic (exact) mass is 229 g/mol. The van der Waals surface area contributed by atoms with Gasteiger partial charge >= 0.3 is 11.9 Å². The van der Waals surface area contributed by atoms with Gasteiger partial charge in [0, 0.05) is 6.04 Å². The zero-order valence-corrected chi connectivity index (χ0v) is 9.56. The molecule has 1 saturated carbocycles. The zero-order valence-electron chi connectivity index (χ0n) is 9.56. The summed E-state index contributed by atoms with van der Waals surface area (Å²) in [6, 6.07) is 0.107. The van der Waals surface area contributed by atoms with Crippen LogP contribution in [0.25, 0.3) is 0 Å². The Morgan fingerprint density at radius 1 is 1.19 bits per heavy atom. The highest BCUT2D eigenvalue weighted by Gasteiger charge is 2.27. The van der Waals surface area contributed by atoms with Gasteiger partial charge in [-0.05, 0) is 18.8 Å². The summed E-state index contributed by atoms with van der Waals surface area (Å²) in [6.07, 6.45) is 4.03. The van der Waals surface area contributed by atoms with E-state index in [0.29, 0.717) is 5.92 Å². The van der Waals surface area contributed by atoms with Crippen molar-refractivity contribution < 1.29 is 19.8 Å². The molecule has 0 aromatic rings. The van der Waals surface area contributed by atoms with Crippen molar-refractivity contribution in [1.29, 1.82) is 0 Å². The molecule has 0 aromatic heterocycles. The molecule has 1 aliphatic rings. The highest BCUT2D eigenvalue weighted by Crippen LogP contribution is 2.27. The molecule has 0 spiro atoms. The molecule has 2 N–H and O–H groups in total. The molecule has 1 rings (SSSR count). The molecule has 1 fully saturated rings. The van der Waals surface area contributed by atoms with E-state index in [1.165, 1.54) is 0 Å². The van der Waals surface area contributed by atoms with E-state index in [1.54, 1.807) is 4.90 Å². The van der Waals surface area contributed by atoms with E-state index in [0.717, 1.165) is 25.7 Å². The number of hydrogen-bond donors (Lipinski definition) is 2. The van der Waals surface area contributed by atoms with E-state index < -0.39 is 11.9 Å². The van der Waals surface area contributed by atoms with E-state index in [4.69, 9.17) is 10.2 Å². The molecule has 16 heavy (non-hydrogen) atoms. The van der Waals surface area contributed by atoms with Crippen molar-refractivity contribution in [3.05, 3.63) is 0 Å². The molecule has 1 aliphatic carbocycles. The summed E-state index contributed by atoms with van der Waals surface area (Å²) < 4.78 is 0. The summed E-state index contributed by atoms with van der Waals surface area (Å²) >= 11 is 0. The Kier molecular flexibility index (Phi) is 4.73. The van der Waals surface area contributed by atoms with Crippen molar-refractivity contribution >= 4 is 11.9 Å². The minimum absolute atomic E-state index is 0.107. The highest BCUT2D eigenvalue weighted by molar-refractivity contribution is 5.72. The first-order valence-electron chi connectivity index (χ1n) is 5.66. The number of carboxylic acids is 2. The number of nitrogens with zero attached hydrogens (tertiary/aromatic N) is 1. The maximum Gasteiger partial charge on any atom is 0.317 e. The standard InChI is InChI=1S/C11H19NO4/c1-8-3-2-4-9(5-8)12(6-10(13)14)7-11(15)16/h8-9H,2-7H2,1H3,(H,13,14)(H,15,16). The van der Waals surface area contributed by atoms with Crippen LogP contribution in [0, 0.1) is 5.92 Å². The Balaban J connectivity index is 2.58. The van der Waals surface area contributed by atoms with Gasteiger partial charge in [0.2, 0.25) is 0 Å². The summed E-state index contributed by atoms with van der Waals surface area (Å²) in [5.74, 6) is -1.36. The molecular formula is C11H19NO4. The van der Waals surface area contributed by atoms with Crippen LogP contribution < -0.4 is 0 Å². The number of carbonyl (C=O) groups is 2. The number of hydrogen-bond acceptors (Lipinski definition) is 3. The minimum Gasteiger partial charge on any atom is -0.480 e. The first-order valence-corrected chi connectivity index (χ1v) is 5.66. The summed E-state index contributed by atoms with van der Waals surface area (Å²) in [5.41, 5.74) is 0. The lowest BCUT2D eigenvalue weighted by atomic mass is 9.86. The molecule has 5 heteroatoms. The molecule has 2 atom stereocenters. The van der Waals surface area contributed by atoms with Crippen LogP contribution in [-0.2, 0) is 9.59 Å². The van der Waals surface area contributed by atoms with Gasteiger partial charge in [-0.15, -0.1) is 0 Å². The van der Waals surface area contributed by atoms with Crippen LogP contribution in [0.5, 0.6) is 0 Å². The van der Waals surface area contributed by atoms with Crippen molar-refractivity contribution in [3.63, 3.8) is 0 Å². The van der Waals surface area contributed by atoms with Gasteiger partial charge in [0.15, 0.2) is 0 Å². The molecule has 0 heterocycles. The summed E-state index contributed by atoms with van der Waals surface area (Å²) in [7, 11) is 0. The third-order valence-corrected chi connectivity index (χ3v) is 3.10. The van der Waals surface area contributed by atoms with Gasteiger partial charge in [-0.1, -0.05) is 19.8 Å². The second-order valence-electron chi connectivity index (χ2n) is 4.62. The van der Waals surface area contributed by atoms with Crippen LogP contribution in [-0.4, -0.2) is 46.2 Å². The van der Waals surface area contributed by atoms with Gasteiger partial charge < -0.3 is 10.2 Å². The maximum atomic E-state index is 10.7. The fourth-order valence-electron chi connectivity index (χ4n) is 2.40. The predicted molar refractivity (Wildman–Crippen MR) is 58.3 cm³/mol. The molecule has 5 nitrogen and oxygen atoms in total. The molecule has 0 saturated heterocycles. The van der Waals surface area contributed by atoms with Gasteiger partial charge in [0.05, 0.1) is 13.1 Å². The molecule has 0 radical (unpaired) electrons. The quantitative estimate of drug-likeness (QED) is 0.736. The van der Waals surface area contributed by atoms with Crippen LogP contribution in [0.2, 0.25) is 0 Å². The number of rotatable bonds is 5. The van der Waals surface area contributed by atoms with Crippen molar-refractivity contribution in [1.82, 2.24) is 4.90 Å². The minimum atomic E-state index is -0.959. The molecule has 2 unspecified atom stereocenters.